The van der Waals surface area contributed by atoms with Crippen molar-refractivity contribution in [3.63, 3.8) is 0 Å². The molecular formula is C15H18BrNS. The first kappa shape index (κ1) is 13.8. The summed E-state index contributed by atoms with van der Waals surface area (Å²) in [5, 5.41) is 7.97. The third-order valence-electron chi connectivity index (χ3n) is 3.11. The standard InChI is InChI=1S/C15H18BrNS/c1-3-11-7-5-6-8-12(11)15(17-4-2)13-9-18-10-14(13)16/h5-10,15,17H,3-4H2,1-2H3. The van der Waals surface area contributed by atoms with Gasteiger partial charge in [0.1, 0.15) is 0 Å². The Balaban J connectivity index is 2.45. The number of aryl methyl sites for hydroxylation is 1. The second-order valence-electron chi connectivity index (χ2n) is 4.22. The van der Waals surface area contributed by atoms with E-state index in [1.807, 2.05) is 0 Å². The van der Waals surface area contributed by atoms with Gasteiger partial charge in [-0.2, -0.15) is 11.3 Å². The maximum absolute atomic E-state index is 3.65. The van der Waals surface area contributed by atoms with Crippen LogP contribution >= 0.6 is 27.3 Å². The van der Waals surface area contributed by atoms with Crippen LogP contribution in [0, 0.1) is 0 Å². The Hall–Kier alpha value is -0.640. The molecule has 0 radical (unpaired) electrons. The van der Waals surface area contributed by atoms with Crippen LogP contribution in [0.15, 0.2) is 39.5 Å². The van der Waals surface area contributed by atoms with E-state index in [0.29, 0.717) is 0 Å². The minimum atomic E-state index is 0.284. The highest BCUT2D eigenvalue weighted by Gasteiger charge is 2.18. The van der Waals surface area contributed by atoms with E-state index in [9.17, 15) is 0 Å². The van der Waals surface area contributed by atoms with Crippen LogP contribution in [-0.2, 0) is 6.42 Å². The average molecular weight is 324 g/mol. The van der Waals surface area contributed by atoms with E-state index in [1.165, 1.54) is 21.2 Å². The lowest BCUT2D eigenvalue weighted by Crippen LogP contribution is -2.23. The van der Waals surface area contributed by atoms with E-state index >= 15 is 0 Å². The quantitative estimate of drug-likeness (QED) is 0.835. The molecule has 1 atom stereocenters. The summed E-state index contributed by atoms with van der Waals surface area (Å²) in [5.41, 5.74) is 4.14. The zero-order valence-corrected chi connectivity index (χ0v) is 13.1. The number of hydrogen-bond donors (Lipinski definition) is 1. The minimum absolute atomic E-state index is 0.284. The second-order valence-corrected chi connectivity index (χ2v) is 5.82. The molecule has 0 aliphatic rings. The van der Waals surface area contributed by atoms with Gasteiger partial charge in [-0.1, -0.05) is 38.1 Å². The van der Waals surface area contributed by atoms with Gasteiger partial charge in [-0.05, 0) is 51.0 Å². The van der Waals surface area contributed by atoms with E-state index in [-0.39, 0.29) is 6.04 Å². The molecule has 0 spiro atoms. The Morgan fingerprint density at radius 2 is 1.94 bits per heavy atom. The van der Waals surface area contributed by atoms with Crippen LogP contribution in [0.1, 0.15) is 36.6 Å². The van der Waals surface area contributed by atoms with Crippen LogP contribution in [0.2, 0.25) is 0 Å². The molecule has 18 heavy (non-hydrogen) atoms. The van der Waals surface area contributed by atoms with Crippen molar-refractivity contribution >= 4 is 27.3 Å². The van der Waals surface area contributed by atoms with Crippen molar-refractivity contribution in [2.24, 2.45) is 0 Å². The van der Waals surface area contributed by atoms with Crippen molar-refractivity contribution in [3.05, 3.63) is 56.2 Å². The number of thiophene rings is 1. The molecule has 1 aromatic heterocycles. The molecule has 0 aliphatic heterocycles. The molecule has 0 amide bonds. The van der Waals surface area contributed by atoms with Gasteiger partial charge in [-0.15, -0.1) is 0 Å². The number of halogens is 1. The number of nitrogens with one attached hydrogen (secondary N) is 1. The Labute approximate surface area is 121 Å². The van der Waals surface area contributed by atoms with Gasteiger partial charge < -0.3 is 5.32 Å². The average Bonchev–Trinajstić information content (AvgIpc) is 2.82. The monoisotopic (exact) mass is 323 g/mol. The van der Waals surface area contributed by atoms with Crippen molar-refractivity contribution in [1.82, 2.24) is 5.32 Å². The van der Waals surface area contributed by atoms with Gasteiger partial charge in [0.05, 0.1) is 6.04 Å². The number of rotatable bonds is 5. The van der Waals surface area contributed by atoms with Gasteiger partial charge >= 0.3 is 0 Å². The molecule has 2 rings (SSSR count). The van der Waals surface area contributed by atoms with Crippen molar-refractivity contribution in [2.75, 3.05) is 6.54 Å². The van der Waals surface area contributed by atoms with Crippen molar-refractivity contribution in [3.8, 4) is 0 Å². The number of hydrogen-bond acceptors (Lipinski definition) is 2. The van der Waals surface area contributed by atoms with Crippen LogP contribution < -0.4 is 5.32 Å². The van der Waals surface area contributed by atoms with E-state index in [4.69, 9.17) is 0 Å². The third-order valence-corrected chi connectivity index (χ3v) is 4.86. The Morgan fingerprint density at radius 1 is 1.17 bits per heavy atom. The molecule has 0 aliphatic carbocycles. The fourth-order valence-electron chi connectivity index (χ4n) is 2.23. The molecule has 0 fully saturated rings. The van der Waals surface area contributed by atoms with Gasteiger partial charge in [0.15, 0.2) is 0 Å². The molecule has 1 heterocycles. The van der Waals surface area contributed by atoms with Gasteiger partial charge in [0, 0.05) is 9.85 Å². The zero-order chi connectivity index (χ0) is 13.0. The molecule has 2 aromatic rings. The fraction of sp³-hybridized carbons (Fsp3) is 0.333. The summed E-state index contributed by atoms with van der Waals surface area (Å²) in [5.74, 6) is 0. The van der Waals surface area contributed by atoms with Crippen molar-refractivity contribution < 1.29 is 0 Å². The molecule has 1 unspecified atom stereocenters. The van der Waals surface area contributed by atoms with Crippen molar-refractivity contribution in [2.45, 2.75) is 26.3 Å². The molecule has 3 heteroatoms. The highest BCUT2D eigenvalue weighted by molar-refractivity contribution is 9.10. The first-order chi connectivity index (χ1) is 8.77. The summed E-state index contributed by atoms with van der Waals surface area (Å²) in [6, 6.07) is 8.98. The van der Waals surface area contributed by atoms with Crippen molar-refractivity contribution in [1.29, 1.82) is 0 Å². The summed E-state index contributed by atoms with van der Waals surface area (Å²) in [6.07, 6.45) is 1.07. The largest absolute Gasteiger partial charge is 0.306 e. The third kappa shape index (κ3) is 2.85. The highest BCUT2D eigenvalue weighted by atomic mass is 79.9. The van der Waals surface area contributed by atoms with Crippen LogP contribution in [0.25, 0.3) is 0 Å². The summed E-state index contributed by atoms with van der Waals surface area (Å²) >= 11 is 5.39. The molecule has 0 saturated heterocycles. The lowest BCUT2D eigenvalue weighted by molar-refractivity contribution is 0.625. The van der Waals surface area contributed by atoms with Gasteiger partial charge in [-0.3, -0.25) is 0 Å². The summed E-state index contributed by atoms with van der Waals surface area (Å²) in [6.45, 7) is 5.33. The first-order valence-electron chi connectivity index (χ1n) is 6.30. The minimum Gasteiger partial charge on any atom is -0.306 e. The molecule has 0 saturated carbocycles. The Kier molecular flexibility index (Phi) is 4.98. The molecule has 1 aromatic carbocycles. The first-order valence-corrected chi connectivity index (χ1v) is 8.04. The van der Waals surface area contributed by atoms with Gasteiger partial charge in [0.2, 0.25) is 0 Å². The Morgan fingerprint density at radius 3 is 2.56 bits per heavy atom. The summed E-state index contributed by atoms with van der Waals surface area (Å²) in [7, 11) is 0. The SMILES string of the molecule is CCNC(c1cscc1Br)c1ccccc1CC. The smallest absolute Gasteiger partial charge is 0.0598 e. The van der Waals surface area contributed by atoms with Crippen LogP contribution in [0.4, 0.5) is 0 Å². The van der Waals surface area contributed by atoms with Gasteiger partial charge in [0.25, 0.3) is 0 Å². The summed E-state index contributed by atoms with van der Waals surface area (Å²) < 4.78 is 1.20. The molecule has 0 bridgehead atoms. The van der Waals surface area contributed by atoms with E-state index in [0.717, 1.165) is 13.0 Å². The van der Waals surface area contributed by atoms with E-state index < -0.39 is 0 Å². The van der Waals surface area contributed by atoms with E-state index in [2.05, 4.69) is 70.1 Å². The predicted octanol–water partition coefficient (Wildman–Crippen LogP) is 4.77. The lowest BCUT2D eigenvalue weighted by Gasteiger charge is -2.21. The van der Waals surface area contributed by atoms with E-state index in [1.54, 1.807) is 11.3 Å². The molecule has 1 N–H and O–H groups in total. The maximum atomic E-state index is 3.65. The van der Waals surface area contributed by atoms with Gasteiger partial charge in [-0.25, -0.2) is 0 Å². The Bertz CT molecular complexity index is 507. The normalized spacial score (nSPS) is 12.6. The number of benzene rings is 1. The lowest BCUT2D eigenvalue weighted by atomic mass is 9.95. The second kappa shape index (κ2) is 6.50. The highest BCUT2D eigenvalue weighted by Crippen LogP contribution is 2.33. The molecule has 1 nitrogen and oxygen atoms in total. The van der Waals surface area contributed by atoms with Crippen LogP contribution in [0.3, 0.4) is 0 Å². The summed E-state index contributed by atoms with van der Waals surface area (Å²) in [4.78, 5) is 0. The fourth-order valence-corrected chi connectivity index (χ4v) is 3.78. The van der Waals surface area contributed by atoms with Crippen LogP contribution in [-0.4, -0.2) is 6.54 Å². The predicted molar refractivity (Wildman–Crippen MR) is 83.4 cm³/mol. The molecular weight excluding hydrogens is 306 g/mol. The zero-order valence-electron chi connectivity index (χ0n) is 10.7. The molecule has 96 valence electrons. The maximum Gasteiger partial charge on any atom is 0.0598 e. The topological polar surface area (TPSA) is 12.0 Å². The van der Waals surface area contributed by atoms with Crippen LogP contribution in [0.5, 0.6) is 0 Å².